The summed E-state index contributed by atoms with van der Waals surface area (Å²) >= 11 is 5.97. The van der Waals surface area contributed by atoms with Gasteiger partial charge in [0.2, 0.25) is 0 Å². The lowest BCUT2D eigenvalue weighted by Gasteiger charge is -2.30. The maximum Gasteiger partial charge on any atom is 0.332 e. The van der Waals surface area contributed by atoms with Crippen molar-refractivity contribution in [2.45, 2.75) is 38.0 Å². The Morgan fingerprint density at radius 1 is 1.24 bits per heavy atom. The van der Waals surface area contributed by atoms with Crippen molar-refractivity contribution in [1.82, 2.24) is 4.90 Å². The maximum absolute atomic E-state index is 12.4. The first-order chi connectivity index (χ1) is 10.0. The van der Waals surface area contributed by atoms with E-state index in [9.17, 15) is 9.59 Å². The van der Waals surface area contributed by atoms with Crippen LogP contribution in [0, 0.1) is 0 Å². The number of halogens is 1. The number of carbonyl (C=O) groups excluding carboxylic acids is 1. The van der Waals surface area contributed by atoms with Gasteiger partial charge in [-0.3, -0.25) is 4.79 Å². The summed E-state index contributed by atoms with van der Waals surface area (Å²) in [7, 11) is 0. The van der Waals surface area contributed by atoms with Crippen LogP contribution in [0.15, 0.2) is 18.2 Å². The quantitative estimate of drug-likeness (QED) is 0.905. The first kappa shape index (κ1) is 14.4. The van der Waals surface area contributed by atoms with Crippen LogP contribution in [0.2, 0.25) is 5.02 Å². The molecule has 0 aliphatic carbocycles. The van der Waals surface area contributed by atoms with Gasteiger partial charge in [0.15, 0.2) is 6.10 Å². The largest absolute Gasteiger partial charge is 0.479 e. The summed E-state index contributed by atoms with van der Waals surface area (Å²) in [5.41, 5.74) is 2.26. The second-order valence-electron chi connectivity index (χ2n) is 5.45. The van der Waals surface area contributed by atoms with Crippen molar-refractivity contribution in [1.29, 1.82) is 0 Å². The van der Waals surface area contributed by atoms with Gasteiger partial charge in [-0.05, 0) is 42.5 Å². The molecule has 21 heavy (non-hydrogen) atoms. The Morgan fingerprint density at radius 2 is 2.00 bits per heavy atom. The highest BCUT2D eigenvalue weighted by molar-refractivity contribution is 6.30. The van der Waals surface area contributed by atoms with Crippen molar-refractivity contribution in [2.24, 2.45) is 0 Å². The zero-order valence-electron chi connectivity index (χ0n) is 11.4. The van der Waals surface area contributed by atoms with Crippen molar-refractivity contribution in [3.63, 3.8) is 0 Å². The Kier molecular flexibility index (Phi) is 3.87. The number of amides is 1. The van der Waals surface area contributed by atoms with Crippen LogP contribution in [0.4, 0.5) is 0 Å². The molecular weight excluding hydrogens is 294 g/mol. The van der Waals surface area contributed by atoms with Gasteiger partial charge in [0.25, 0.3) is 5.91 Å². The summed E-state index contributed by atoms with van der Waals surface area (Å²) in [5, 5.41) is 9.62. The lowest BCUT2D eigenvalue weighted by atomic mass is 9.99. The van der Waals surface area contributed by atoms with Crippen molar-refractivity contribution < 1.29 is 19.4 Å². The molecule has 2 aliphatic rings. The van der Waals surface area contributed by atoms with E-state index in [-0.39, 0.29) is 5.91 Å². The van der Waals surface area contributed by atoms with Crippen LogP contribution in [-0.2, 0) is 27.3 Å². The number of aliphatic carboxylic acids is 1. The van der Waals surface area contributed by atoms with E-state index in [1.807, 2.05) is 18.2 Å². The van der Waals surface area contributed by atoms with Gasteiger partial charge in [-0.2, -0.15) is 0 Å². The molecule has 0 spiro atoms. The molecule has 1 fully saturated rings. The number of hydrogen-bond donors (Lipinski definition) is 1. The number of ether oxygens (including phenoxy) is 1. The number of nitrogens with zero attached hydrogens (tertiary/aromatic N) is 1. The molecule has 0 aromatic heterocycles. The van der Waals surface area contributed by atoms with E-state index in [1.54, 1.807) is 4.90 Å². The Morgan fingerprint density at radius 3 is 2.71 bits per heavy atom. The molecule has 1 amide bonds. The summed E-state index contributed by atoms with van der Waals surface area (Å²) in [4.78, 5) is 25.0. The summed E-state index contributed by atoms with van der Waals surface area (Å²) < 4.78 is 5.33. The summed E-state index contributed by atoms with van der Waals surface area (Å²) in [6, 6.07) is 5.69. The van der Waals surface area contributed by atoms with Gasteiger partial charge in [-0.25, -0.2) is 4.79 Å². The Balaban J connectivity index is 1.67. The number of rotatable bonds is 2. The minimum absolute atomic E-state index is 0.112. The Bertz CT molecular complexity index is 589. The highest BCUT2D eigenvalue weighted by atomic mass is 35.5. The van der Waals surface area contributed by atoms with Crippen LogP contribution in [-0.4, -0.2) is 40.6 Å². The van der Waals surface area contributed by atoms with Gasteiger partial charge in [-0.1, -0.05) is 17.7 Å². The Labute approximate surface area is 127 Å². The zero-order valence-corrected chi connectivity index (χ0v) is 12.2. The molecule has 0 radical (unpaired) electrons. The van der Waals surface area contributed by atoms with Crippen LogP contribution in [0.3, 0.4) is 0 Å². The van der Waals surface area contributed by atoms with Gasteiger partial charge in [-0.15, -0.1) is 0 Å². The van der Waals surface area contributed by atoms with Crippen LogP contribution in [0.1, 0.15) is 24.0 Å². The number of carbonyl (C=O) groups is 2. The average Bonchev–Trinajstić information content (AvgIpc) is 2.96. The van der Waals surface area contributed by atoms with Gasteiger partial charge in [0.1, 0.15) is 6.10 Å². The van der Waals surface area contributed by atoms with E-state index in [1.165, 1.54) is 5.56 Å². The Hall–Kier alpha value is -1.59. The average molecular weight is 310 g/mol. The number of carboxylic acids is 1. The minimum Gasteiger partial charge on any atom is -0.479 e. The third-order valence-corrected chi connectivity index (χ3v) is 4.30. The van der Waals surface area contributed by atoms with Gasteiger partial charge in [0, 0.05) is 18.1 Å². The van der Waals surface area contributed by atoms with Crippen LogP contribution < -0.4 is 0 Å². The fourth-order valence-electron chi connectivity index (χ4n) is 2.91. The molecule has 112 valence electrons. The first-order valence-corrected chi connectivity index (χ1v) is 7.37. The fourth-order valence-corrected chi connectivity index (χ4v) is 3.11. The second kappa shape index (κ2) is 5.66. The minimum atomic E-state index is -0.996. The van der Waals surface area contributed by atoms with Crippen LogP contribution in [0.25, 0.3) is 0 Å². The van der Waals surface area contributed by atoms with E-state index in [4.69, 9.17) is 21.4 Å². The van der Waals surface area contributed by atoms with Crippen LogP contribution in [0.5, 0.6) is 0 Å². The smallest absolute Gasteiger partial charge is 0.332 e. The van der Waals surface area contributed by atoms with Crippen molar-refractivity contribution in [3.8, 4) is 0 Å². The number of carboxylic acid groups (broad SMARTS) is 1. The molecule has 2 aliphatic heterocycles. The summed E-state index contributed by atoms with van der Waals surface area (Å²) in [5.74, 6) is -1.11. The van der Waals surface area contributed by atoms with E-state index >= 15 is 0 Å². The number of hydrogen-bond acceptors (Lipinski definition) is 3. The molecule has 0 saturated carbocycles. The predicted octanol–water partition coefficient (Wildman–Crippen LogP) is 1.86. The zero-order chi connectivity index (χ0) is 15.0. The molecule has 1 aromatic rings. The van der Waals surface area contributed by atoms with E-state index in [0.717, 1.165) is 12.0 Å². The van der Waals surface area contributed by atoms with Crippen molar-refractivity contribution in [3.05, 3.63) is 34.3 Å². The molecule has 3 rings (SSSR count). The summed E-state index contributed by atoms with van der Waals surface area (Å²) in [6.45, 7) is 1.15. The van der Waals surface area contributed by atoms with E-state index in [0.29, 0.717) is 31.0 Å². The highest BCUT2D eigenvalue weighted by Gasteiger charge is 2.37. The first-order valence-electron chi connectivity index (χ1n) is 6.99. The molecule has 6 heteroatoms. The third kappa shape index (κ3) is 2.89. The summed E-state index contributed by atoms with van der Waals surface area (Å²) in [6.07, 6.45) is 0.150. The molecule has 1 saturated heterocycles. The lowest BCUT2D eigenvalue weighted by molar-refractivity contribution is -0.155. The molecule has 1 N–H and O–H groups in total. The molecule has 1 aromatic carbocycles. The molecule has 0 unspecified atom stereocenters. The van der Waals surface area contributed by atoms with E-state index in [2.05, 4.69) is 0 Å². The second-order valence-corrected chi connectivity index (χ2v) is 5.89. The fraction of sp³-hybridized carbons (Fsp3) is 0.467. The molecule has 2 heterocycles. The SMILES string of the molecule is O=C(O)[C@H]1CC[C@@H](C(=O)N2CCc3cc(Cl)ccc3C2)O1. The predicted molar refractivity (Wildman–Crippen MR) is 76.1 cm³/mol. The van der Waals surface area contributed by atoms with Crippen LogP contribution >= 0.6 is 11.6 Å². The number of benzene rings is 1. The van der Waals surface area contributed by atoms with Crippen molar-refractivity contribution in [2.75, 3.05) is 6.54 Å². The highest BCUT2D eigenvalue weighted by Crippen LogP contribution is 2.26. The standard InChI is InChI=1S/C15H16ClNO4/c16-11-2-1-10-8-17(6-5-9(10)7-11)14(18)12-3-4-13(21-12)15(19)20/h1-2,7,12-13H,3-6,8H2,(H,19,20)/t12-,13+/m0/s1. The normalized spacial score (nSPS) is 24.7. The molecule has 0 bridgehead atoms. The lowest BCUT2D eigenvalue weighted by Crippen LogP contribution is -2.42. The monoisotopic (exact) mass is 309 g/mol. The van der Waals surface area contributed by atoms with Gasteiger partial charge < -0.3 is 14.7 Å². The number of fused-ring (bicyclic) bond motifs is 1. The molecular formula is C15H16ClNO4. The van der Waals surface area contributed by atoms with Crippen molar-refractivity contribution >= 4 is 23.5 Å². The van der Waals surface area contributed by atoms with Gasteiger partial charge in [0.05, 0.1) is 0 Å². The third-order valence-electron chi connectivity index (χ3n) is 4.06. The molecule has 2 atom stereocenters. The molecule has 5 nitrogen and oxygen atoms in total. The van der Waals surface area contributed by atoms with Gasteiger partial charge >= 0.3 is 5.97 Å². The maximum atomic E-state index is 12.4. The van der Waals surface area contributed by atoms with E-state index < -0.39 is 18.2 Å². The topological polar surface area (TPSA) is 66.8 Å².